The zero-order valence-corrected chi connectivity index (χ0v) is 11.6. The number of benzene rings is 2. The van der Waals surface area contributed by atoms with Crippen molar-refractivity contribution in [2.24, 2.45) is 15.9 Å². The Labute approximate surface area is 122 Å². The average Bonchev–Trinajstić information content (AvgIpc) is 2.48. The summed E-state index contributed by atoms with van der Waals surface area (Å²) < 4.78 is 0. The molecule has 20 heavy (non-hydrogen) atoms. The molecule has 0 aliphatic rings. The first-order chi connectivity index (χ1) is 9.75. The quantitative estimate of drug-likeness (QED) is 0.515. The van der Waals surface area contributed by atoms with Crippen molar-refractivity contribution in [3.8, 4) is 5.75 Å². The maximum absolute atomic E-state index is 9.55. The second-order valence-electron chi connectivity index (χ2n) is 4.02. The molecular weight excluding hydrogens is 270 g/mol. The predicted octanol–water partition coefficient (Wildman–Crippen LogP) is 2.97. The third-order valence-corrected chi connectivity index (χ3v) is 3.37. The summed E-state index contributed by atoms with van der Waals surface area (Å²) in [5.41, 5.74) is 7.55. The monoisotopic (exact) mass is 285 g/mol. The van der Waals surface area contributed by atoms with Gasteiger partial charge in [0, 0.05) is 11.3 Å². The second-order valence-corrected chi connectivity index (χ2v) is 5.01. The van der Waals surface area contributed by atoms with Crippen LogP contribution >= 0.6 is 11.8 Å². The van der Waals surface area contributed by atoms with Crippen LogP contribution in [0.25, 0.3) is 0 Å². The van der Waals surface area contributed by atoms with Gasteiger partial charge >= 0.3 is 0 Å². The van der Waals surface area contributed by atoms with Crippen LogP contribution in [0.5, 0.6) is 5.75 Å². The van der Waals surface area contributed by atoms with Gasteiger partial charge in [0.1, 0.15) is 5.75 Å². The van der Waals surface area contributed by atoms with Crippen LogP contribution in [0.2, 0.25) is 0 Å². The summed E-state index contributed by atoms with van der Waals surface area (Å²) in [6.45, 7) is 0. The van der Waals surface area contributed by atoms with Crippen LogP contribution in [0.3, 0.4) is 0 Å². The Kier molecular flexibility index (Phi) is 5.20. The normalized spacial score (nSPS) is 11.9. The maximum Gasteiger partial charge on any atom is 0.180 e. The summed E-state index contributed by atoms with van der Waals surface area (Å²) in [6.07, 6.45) is 1.48. The topological polar surface area (TPSA) is 71.0 Å². The van der Waals surface area contributed by atoms with Gasteiger partial charge in [-0.25, -0.2) is 0 Å². The fourth-order valence-corrected chi connectivity index (χ4v) is 2.12. The number of phenols is 1. The van der Waals surface area contributed by atoms with Crippen LogP contribution < -0.4 is 5.73 Å². The number of amidine groups is 1. The molecular formula is C15H15N3OS. The maximum atomic E-state index is 9.55. The third-order valence-electron chi connectivity index (χ3n) is 2.52. The number of para-hydroxylation sites is 1. The first-order valence-electron chi connectivity index (χ1n) is 6.07. The van der Waals surface area contributed by atoms with Crippen LogP contribution in [0, 0.1) is 0 Å². The molecule has 0 radical (unpaired) electrons. The lowest BCUT2D eigenvalue weighted by Gasteiger charge is -1.99. The van der Waals surface area contributed by atoms with Crippen molar-refractivity contribution in [2.75, 3.05) is 0 Å². The molecule has 0 amide bonds. The van der Waals surface area contributed by atoms with E-state index in [9.17, 15) is 5.11 Å². The van der Waals surface area contributed by atoms with Gasteiger partial charge < -0.3 is 10.8 Å². The summed E-state index contributed by atoms with van der Waals surface area (Å²) in [6, 6.07) is 16.9. The fraction of sp³-hybridized carbons (Fsp3) is 0.0667. The summed E-state index contributed by atoms with van der Waals surface area (Å²) in [4.78, 5) is 0. The van der Waals surface area contributed by atoms with E-state index >= 15 is 0 Å². The predicted molar refractivity (Wildman–Crippen MR) is 85.1 cm³/mol. The van der Waals surface area contributed by atoms with Crippen molar-refractivity contribution in [1.29, 1.82) is 0 Å². The van der Waals surface area contributed by atoms with Gasteiger partial charge in [-0.2, -0.15) is 5.10 Å². The van der Waals surface area contributed by atoms with Gasteiger partial charge in [-0.1, -0.05) is 54.2 Å². The van der Waals surface area contributed by atoms with E-state index in [-0.39, 0.29) is 5.75 Å². The minimum absolute atomic E-state index is 0.168. The number of thioether (sulfide) groups is 1. The highest BCUT2D eigenvalue weighted by atomic mass is 32.2. The molecule has 0 saturated carbocycles. The van der Waals surface area contributed by atoms with Crippen molar-refractivity contribution in [2.45, 2.75) is 5.75 Å². The van der Waals surface area contributed by atoms with E-state index in [0.717, 1.165) is 5.75 Å². The van der Waals surface area contributed by atoms with Crippen LogP contribution in [0.15, 0.2) is 64.8 Å². The largest absolute Gasteiger partial charge is 0.507 e. The van der Waals surface area contributed by atoms with Gasteiger partial charge in [-0.05, 0) is 17.7 Å². The molecule has 4 nitrogen and oxygen atoms in total. The van der Waals surface area contributed by atoms with E-state index in [1.54, 1.807) is 18.2 Å². The number of rotatable bonds is 4. The first-order valence-corrected chi connectivity index (χ1v) is 7.05. The number of nitrogens with two attached hydrogens (primary N) is 1. The van der Waals surface area contributed by atoms with Crippen molar-refractivity contribution in [3.63, 3.8) is 0 Å². The van der Waals surface area contributed by atoms with Crippen molar-refractivity contribution in [1.82, 2.24) is 0 Å². The Morgan fingerprint density at radius 2 is 1.80 bits per heavy atom. The zero-order chi connectivity index (χ0) is 14.2. The molecule has 0 bridgehead atoms. The standard InChI is InChI=1S/C15H15N3OS/c16-15(20-11-12-6-2-1-3-7-12)18-17-10-13-8-4-5-9-14(13)19/h1-10,19H,11H2,(H2,16,18). The van der Waals surface area contributed by atoms with Gasteiger partial charge in [0.25, 0.3) is 0 Å². The summed E-state index contributed by atoms with van der Waals surface area (Å²) in [7, 11) is 0. The van der Waals surface area contributed by atoms with E-state index in [0.29, 0.717) is 10.7 Å². The highest BCUT2D eigenvalue weighted by Crippen LogP contribution is 2.13. The smallest absolute Gasteiger partial charge is 0.180 e. The Balaban J connectivity index is 1.89. The zero-order valence-electron chi connectivity index (χ0n) is 10.8. The molecule has 0 spiro atoms. The molecule has 2 aromatic rings. The highest BCUT2D eigenvalue weighted by Gasteiger charge is 1.97. The fourth-order valence-electron chi connectivity index (χ4n) is 1.51. The van der Waals surface area contributed by atoms with E-state index < -0.39 is 0 Å². The number of phenolic OH excluding ortho intramolecular Hbond substituents is 1. The lowest BCUT2D eigenvalue weighted by Crippen LogP contribution is -2.05. The molecule has 0 atom stereocenters. The molecule has 0 aliphatic carbocycles. The summed E-state index contributed by atoms with van der Waals surface area (Å²) in [5.74, 6) is 0.921. The molecule has 2 rings (SSSR count). The van der Waals surface area contributed by atoms with Crippen LogP contribution in [0.4, 0.5) is 0 Å². The van der Waals surface area contributed by atoms with Crippen LogP contribution in [0.1, 0.15) is 11.1 Å². The van der Waals surface area contributed by atoms with Crippen molar-refractivity contribution in [3.05, 3.63) is 65.7 Å². The molecule has 5 heteroatoms. The molecule has 0 heterocycles. The number of hydrogen-bond acceptors (Lipinski definition) is 4. The number of hydrogen-bond donors (Lipinski definition) is 2. The summed E-state index contributed by atoms with van der Waals surface area (Å²) in [5, 5.41) is 17.7. The van der Waals surface area contributed by atoms with Crippen molar-refractivity contribution >= 4 is 23.1 Å². The van der Waals surface area contributed by atoms with E-state index in [2.05, 4.69) is 10.2 Å². The Morgan fingerprint density at radius 1 is 1.10 bits per heavy atom. The van der Waals surface area contributed by atoms with Gasteiger partial charge in [0.15, 0.2) is 5.17 Å². The van der Waals surface area contributed by atoms with Crippen molar-refractivity contribution < 1.29 is 5.11 Å². The molecule has 3 N–H and O–H groups in total. The van der Waals surface area contributed by atoms with Gasteiger partial charge in [0.05, 0.1) is 6.21 Å². The molecule has 2 aromatic carbocycles. The second kappa shape index (κ2) is 7.35. The highest BCUT2D eigenvalue weighted by molar-refractivity contribution is 8.13. The Bertz CT molecular complexity index is 612. The minimum atomic E-state index is 0.168. The van der Waals surface area contributed by atoms with Gasteiger partial charge in [-0.3, -0.25) is 0 Å². The number of nitrogens with zero attached hydrogens (tertiary/aromatic N) is 2. The SMILES string of the molecule is N/C(=N\N=Cc1ccccc1O)SCc1ccccc1. The van der Waals surface area contributed by atoms with Crippen LogP contribution in [-0.4, -0.2) is 16.5 Å². The number of aromatic hydroxyl groups is 1. The summed E-state index contributed by atoms with van der Waals surface area (Å²) >= 11 is 1.42. The van der Waals surface area contributed by atoms with E-state index in [4.69, 9.17) is 5.73 Å². The first kappa shape index (κ1) is 14.1. The van der Waals surface area contributed by atoms with E-state index in [1.165, 1.54) is 23.5 Å². The molecule has 0 aliphatic heterocycles. The van der Waals surface area contributed by atoms with Gasteiger partial charge in [0.2, 0.25) is 0 Å². The minimum Gasteiger partial charge on any atom is -0.507 e. The third kappa shape index (κ3) is 4.44. The molecule has 0 aromatic heterocycles. The average molecular weight is 285 g/mol. The lowest BCUT2D eigenvalue weighted by molar-refractivity contribution is 0.474. The molecule has 0 saturated heterocycles. The Morgan fingerprint density at radius 3 is 2.55 bits per heavy atom. The van der Waals surface area contributed by atoms with Crippen LogP contribution in [-0.2, 0) is 5.75 Å². The molecule has 102 valence electrons. The Hall–Kier alpha value is -2.27. The molecule has 0 unspecified atom stereocenters. The molecule has 0 fully saturated rings. The lowest BCUT2D eigenvalue weighted by atomic mass is 10.2. The van der Waals surface area contributed by atoms with Gasteiger partial charge in [-0.15, -0.1) is 5.10 Å². The van der Waals surface area contributed by atoms with E-state index in [1.807, 2.05) is 36.4 Å².